The highest BCUT2D eigenvalue weighted by atomic mass is 79.9. The van der Waals surface area contributed by atoms with Crippen molar-refractivity contribution in [2.75, 3.05) is 19.8 Å². The molecule has 1 aromatic rings. The smallest absolute Gasteiger partial charge is 0.251 e. The summed E-state index contributed by atoms with van der Waals surface area (Å²) in [4.78, 5) is 49.9. The molecule has 35 heavy (non-hydrogen) atoms. The molecule has 1 unspecified atom stereocenters. The third kappa shape index (κ3) is 10.4. The topological polar surface area (TPSA) is 186 Å². The number of ketones is 1. The first-order valence-corrected chi connectivity index (χ1v) is 11.7. The van der Waals surface area contributed by atoms with Gasteiger partial charge in [-0.25, -0.2) is 4.39 Å². The highest BCUT2D eigenvalue weighted by Gasteiger charge is 2.30. The van der Waals surface area contributed by atoms with Gasteiger partial charge < -0.3 is 32.1 Å². The Balaban J connectivity index is 2.82. The fraction of sp³-hybridized carbons (Fsp3) is 0.500. The number of benzene rings is 1. The standard InChI is InChI=1S/C22H32BrFN6O5/c1-12(2)18(30-19(33)13-5-7-14(23)8-6-13)21(35)29-16(11-31)20(34)28-15(17(32)10-24)4-3-9-27-22(25)26/h5-8,12,15-16,18,31H,3-4,9-11H2,1-2H3,(H,28,34)(H,29,35)(H,30,33)(H4,25,26,27)/t15-,16-,18?/m0/s1. The molecule has 1 rings (SSSR count). The largest absolute Gasteiger partial charge is 0.394 e. The van der Waals surface area contributed by atoms with E-state index in [9.17, 15) is 28.7 Å². The molecule has 8 N–H and O–H groups in total. The van der Waals surface area contributed by atoms with Crippen LogP contribution in [0.3, 0.4) is 0 Å². The number of carbonyl (C=O) groups is 4. The zero-order valence-corrected chi connectivity index (χ0v) is 21.2. The van der Waals surface area contributed by atoms with Crippen molar-refractivity contribution in [1.29, 1.82) is 5.41 Å². The number of nitrogens with two attached hydrogens (primary N) is 1. The number of nitrogens with one attached hydrogen (secondary N) is 5. The minimum absolute atomic E-state index is 0.0543. The minimum Gasteiger partial charge on any atom is -0.394 e. The number of carbonyl (C=O) groups excluding carboxylic acids is 4. The molecule has 3 atom stereocenters. The number of aliphatic hydroxyl groups is 1. The molecule has 3 amide bonds. The van der Waals surface area contributed by atoms with Crippen molar-refractivity contribution in [3.8, 4) is 0 Å². The SMILES string of the molecule is CC(C)C(NC(=O)c1ccc(Br)cc1)C(=O)N[C@@H](CO)C(=O)N[C@@H](CCCNC(=N)N)C(=O)CF. The van der Waals surface area contributed by atoms with E-state index in [4.69, 9.17) is 11.1 Å². The molecule has 1 aromatic carbocycles. The molecule has 0 bridgehead atoms. The van der Waals surface area contributed by atoms with Crippen LogP contribution in [0.5, 0.6) is 0 Å². The Labute approximate surface area is 211 Å². The average molecular weight is 559 g/mol. The van der Waals surface area contributed by atoms with Gasteiger partial charge in [0.15, 0.2) is 11.7 Å². The van der Waals surface area contributed by atoms with E-state index in [2.05, 4.69) is 37.2 Å². The lowest BCUT2D eigenvalue weighted by molar-refractivity contribution is -0.133. The van der Waals surface area contributed by atoms with E-state index >= 15 is 0 Å². The van der Waals surface area contributed by atoms with E-state index in [1.165, 1.54) is 0 Å². The monoisotopic (exact) mass is 558 g/mol. The highest BCUT2D eigenvalue weighted by molar-refractivity contribution is 9.10. The fourth-order valence-electron chi connectivity index (χ4n) is 3.02. The molecule has 194 valence electrons. The highest BCUT2D eigenvalue weighted by Crippen LogP contribution is 2.12. The molecular weight excluding hydrogens is 527 g/mol. The van der Waals surface area contributed by atoms with Gasteiger partial charge in [-0.05, 0) is 43.0 Å². The van der Waals surface area contributed by atoms with Crippen LogP contribution in [0.4, 0.5) is 4.39 Å². The molecule has 0 aliphatic rings. The van der Waals surface area contributed by atoms with Gasteiger partial charge in [0.1, 0.15) is 18.8 Å². The van der Waals surface area contributed by atoms with Crippen LogP contribution >= 0.6 is 15.9 Å². The molecule has 0 spiro atoms. The van der Waals surface area contributed by atoms with Crippen molar-refractivity contribution in [1.82, 2.24) is 21.3 Å². The van der Waals surface area contributed by atoms with Crippen LogP contribution in [0, 0.1) is 11.3 Å². The quantitative estimate of drug-likeness (QED) is 0.0947. The number of Topliss-reactive ketones (excluding diaryl/α,β-unsaturated/α-hetero) is 1. The summed E-state index contributed by atoms with van der Waals surface area (Å²) in [6.45, 7) is 1.54. The van der Waals surface area contributed by atoms with Crippen LogP contribution in [0.1, 0.15) is 37.0 Å². The first kappa shape index (κ1) is 30.0. The van der Waals surface area contributed by atoms with Crippen LogP contribution in [-0.2, 0) is 14.4 Å². The molecule has 11 nitrogen and oxygen atoms in total. The van der Waals surface area contributed by atoms with Crippen molar-refractivity contribution in [3.63, 3.8) is 0 Å². The Morgan fingerprint density at radius 1 is 1.06 bits per heavy atom. The van der Waals surface area contributed by atoms with E-state index in [-0.39, 0.29) is 24.8 Å². The summed E-state index contributed by atoms with van der Waals surface area (Å²) in [6, 6.07) is 2.87. The molecule has 0 heterocycles. The number of aliphatic hydroxyl groups excluding tert-OH is 1. The summed E-state index contributed by atoms with van der Waals surface area (Å²) in [6.07, 6.45) is 0.350. The van der Waals surface area contributed by atoms with Crippen LogP contribution in [0.2, 0.25) is 0 Å². The average Bonchev–Trinajstić information content (AvgIpc) is 2.81. The summed E-state index contributed by atoms with van der Waals surface area (Å²) in [7, 11) is 0. The van der Waals surface area contributed by atoms with Crippen molar-refractivity contribution in [2.45, 2.75) is 44.8 Å². The van der Waals surface area contributed by atoms with Gasteiger partial charge in [-0.2, -0.15) is 0 Å². The lowest BCUT2D eigenvalue weighted by Gasteiger charge is -2.25. The lowest BCUT2D eigenvalue weighted by Crippen LogP contribution is -2.58. The summed E-state index contributed by atoms with van der Waals surface area (Å²) in [5.74, 6) is -3.58. The summed E-state index contributed by atoms with van der Waals surface area (Å²) >= 11 is 3.28. The number of guanidine groups is 1. The minimum atomic E-state index is -1.43. The van der Waals surface area contributed by atoms with E-state index in [1.54, 1.807) is 38.1 Å². The Hall–Kier alpha value is -3.06. The van der Waals surface area contributed by atoms with Crippen LogP contribution in [0.25, 0.3) is 0 Å². The molecular formula is C22H32BrFN6O5. The van der Waals surface area contributed by atoms with Gasteiger partial charge in [0.2, 0.25) is 11.8 Å². The predicted molar refractivity (Wildman–Crippen MR) is 131 cm³/mol. The van der Waals surface area contributed by atoms with Crippen molar-refractivity contribution in [3.05, 3.63) is 34.3 Å². The number of halogens is 2. The van der Waals surface area contributed by atoms with Gasteiger partial charge >= 0.3 is 0 Å². The summed E-state index contributed by atoms with van der Waals surface area (Å²) in [5, 5.41) is 26.6. The van der Waals surface area contributed by atoms with E-state index < -0.39 is 54.9 Å². The summed E-state index contributed by atoms with van der Waals surface area (Å²) < 4.78 is 13.7. The maximum atomic E-state index is 13.0. The molecule has 0 aromatic heterocycles. The van der Waals surface area contributed by atoms with Gasteiger partial charge in [0.05, 0.1) is 12.6 Å². The normalized spacial score (nSPS) is 13.3. The van der Waals surface area contributed by atoms with Gasteiger partial charge in [-0.1, -0.05) is 29.8 Å². The number of amides is 3. The molecule has 0 radical (unpaired) electrons. The van der Waals surface area contributed by atoms with E-state index in [1.807, 2.05) is 0 Å². The Morgan fingerprint density at radius 3 is 2.17 bits per heavy atom. The van der Waals surface area contributed by atoms with Gasteiger partial charge in [-0.15, -0.1) is 0 Å². The van der Waals surface area contributed by atoms with Gasteiger partial charge in [-0.3, -0.25) is 24.6 Å². The van der Waals surface area contributed by atoms with Crippen molar-refractivity contribution in [2.24, 2.45) is 11.7 Å². The number of rotatable bonds is 14. The van der Waals surface area contributed by atoms with E-state index in [0.717, 1.165) is 4.47 Å². The first-order chi connectivity index (χ1) is 16.5. The second-order valence-electron chi connectivity index (χ2n) is 8.09. The van der Waals surface area contributed by atoms with Crippen LogP contribution < -0.4 is 27.0 Å². The second kappa shape index (κ2) is 15.0. The fourth-order valence-corrected chi connectivity index (χ4v) is 3.29. The predicted octanol–water partition coefficient (Wildman–Crippen LogP) is -0.0327. The number of alkyl halides is 1. The zero-order chi connectivity index (χ0) is 26.5. The number of hydrogen-bond acceptors (Lipinski definition) is 6. The molecule has 13 heteroatoms. The molecule has 0 saturated heterocycles. The van der Waals surface area contributed by atoms with Gasteiger partial charge in [0.25, 0.3) is 5.91 Å². The maximum absolute atomic E-state index is 13.0. The lowest BCUT2D eigenvalue weighted by atomic mass is 10.0. The zero-order valence-electron chi connectivity index (χ0n) is 19.6. The summed E-state index contributed by atoms with van der Waals surface area (Å²) in [5.41, 5.74) is 5.50. The molecule has 0 saturated carbocycles. The first-order valence-electron chi connectivity index (χ1n) is 10.9. The van der Waals surface area contributed by atoms with Gasteiger partial charge in [0, 0.05) is 16.6 Å². The Bertz CT molecular complexity index is 899. The van der Waals surface area contributed by atoms with Crippen LogP contribution in [0.15, 0.2) is 28.7 Å². The molecule has 0 aliphatic heterocycles. The maximum Gasteiger partial charge on any atom is 0.251 e. The third-order valence-electron chi connectivity index (χ3n) is 4.98. The van der Waals surface area contributed by atoms with Crippen LogP contribution in [-0.4, -0.2) is 72.5 Å². The Kier molecular flexibility index (Phi) is 12.9. The third-order valence-corrected chi connectivity index (χ3v) is 5.51. The van der Waals surface area contributed by atoms with Crippen molar-refractivity contribution >= 4 is 45.4 Å². The Morgan fingerprint density at radius 2 is 1.66 bits per heavy atom. The second-order valence-corrected chi connectivity index (χ2v) is 9.01. The van der Waals surface area contributed by atoms with E-state index in [0.29, 0.717) is 12.0 Å². The molecule has 0 aliphatic carbocycles. The van der Waals surface area contributed by atoms with Crippen molar-refractivity contribution < 1.29 is 28.7 Å². The number of hydrogen-bond donors (Lipinski definition) is 7. The molecule has 0 fully saturated rings.